The average molecular weight is 251 g/mol. The first-order chi connectivity index (χ1) is 8.08. The van der Waals surface area contributed by atoms with E-state index in [2.05, 4.69) is 4.99 Å². The molecule has 0 unspecified atom stereocenters. The van der Waals surface area contributed by atoms with Crippen LogP contribution >= 0.6 is 11.8 Å². The molecule has 0 spiro atoms. The van der Waals surface area contributed by atoms with Crippen LogP contribution < -0.4 is 0 Å². The highest BCUT2D eigenvalue weighted by Gasteiger charge is 2.24. The molecule has 0 aliphatic carbocycles. The van der Waals surface area contributed by atoms with E-state index in [1.165, 1.54) is 28.8 Å². The van der Waals surface area contributed by atoms with Gasteiger partial charge in [0.2, 0.25) is 5.91 Å². The molecule has 1 amide bonds. The highest BCUT2D eigenvalue weighted by atomic mass is 32.2. The largest absolute Gasteiger partial charge is 0.294 e. The van der Waals surface area contributed by atoms with Gasteiger partial charge in [-0.15, -0.1) is 0 Å². The van der Waals surface area contributed by atoms with Crippen LogP contribution in [-0.4, -0.2) is 33.7 Å². The molecule has 0 saturated carbocycles. The lowest BCUT2D eigenvalue weighted by atomic mass is 10.3. The van der Waals surface area contributed by atoms with Crippen LogP contribution in [-0.2, 0) is 4.79 Å². The minimum absolute atomic E-state index is 0.00987. The average Bonchev–Trinajstić information content (AvgIpc) is 2.62. The zero-order valence-electron chi connectivity index (χ0n) is 8.99. The third kappa shape index (κ3) is 2.44. The van der Waals surface area contributed by atoms with Gasteiger partial charge in [-0.05, 0) is 12.1 Å². The molecule has 88 valence electrons. The summed E-state index contributed by atoms with van der Waals surface area (Å²) in [5.41, 5.74) is 0.622. The molecule has 1 aliphatic heterocycles. The van der Waals surface area contributed by atoms with Crippen LogP contribution in [0.2, 0.25) is 0 Å². The van der Waals surface area contributed by atoms with Crippen LogP contribution in [0, 0.1) is 10.1 Å². The monoisotopic (exact) mass is 251 g/mol. The molecule has 17 heavy (non-hydrogen) atoms. The van der Waals surface area contributed by atoms with Gasteiger partial charge < -0.3 is 0 Å². The maximum Gasteiger partial charge on any atom is 0.269 e. The minimum Gasteiger partial charge on any atom is -0.294 e. The lowest BCUT2D eigenvalue weighted by Gasteiger charge is -2.07. The van der Waals surface area contributed by atoms with Crippen molar-refractivity contribution in [2.75, 3.05) is 12.8 Å². The van der Waals surface area contributed by atoms with Crippen LogP contribution in [0.3, 0.4) is 0 Å². The second kappa shape index (κ2) is 4.54. The Bertz CT molecular complexity index is 498. The lowest BCUT2D eigenvalue weighted by molar-refractivity contribution is -0.384. The second-order valence-corrected chi connectivity index (χ2v) is 4.35. The number of non-ortho nitro benzene ring substituents is 1. The number of hydrogen-bond acceptors (Lipinski definition) is 5. The summed E-state index contributed by atoms with van der Waals surface area (Å²) in [5, 5.41) is 11.1. The number of rotatable bonds is 2. The maximum absolute atomic E-state index is 11.3. The highest BCUT2D eigenvalue weighted by Crippen LogP contribution is 2.23. The van der Waals surface area contributed by atoms with E-state index in [4.69, 9.17) is 0 Å². The van der Waals surface area contributed by atoms with E-state index < -0.39 is 4.92 Å². The number of thioether (sulfide) groups is 1. The van der Waals surface area contributed by atoms with Crippen LogP contribution in [0.15, 0.2) is 29.3 Å². The number of aliphatic imine (C=N–C) groups is 1. The first-order valence-corrected chi connectivity index (χ1v) is 5.79. The Kier molecular flexibility index (Phi) is 3.10. The van der Waals surface area contributed by atoms with Crippen molar-refractivity contribution in [2.45, 2.75) is 0 Å². The molecular formula is C10H9N3O3S. The molecule has 6 nitrogen and oxygen atoms in total. The van der Waals surface area contributed by atoms with Gasteiger partial charge in [0.25, 0.3) is 5.69 Å². The molecule has 0 aromatic heterocycles. The van der Waals surface area contributed by atoms with Crippen LogP contribution in [0.4, 0.5) is 11.4 Å². The fourth-order valence-corrected chi connectivity index (χ4v) is 2.20. The van der Waals surface area contributed by atoms with Gasteiger partial charge in [-0.2, -0.15) is 0 Å². The predicted octanol–water partition coefficient (Wildman–Crippen LogP) is 1.79. The summed E-state index contributed by atoms with van der Waals surface area (Å²) in [6.07, 6.45) is 0. The summed E-state index contributed by atoms with van der Waals surface area (Å²) < 4.78 is 0. The molecule has 0 N–H and O–H groups in total. The van der Waals surface area contributed by atoms with E-state index in [9.17, 15) is 14.9 Å². The number of amides is 1. The van der Waals surface area contributed by atoms with Gasteiger partial charge in [0, 0.05) is 19.2 Å². The Morgan fingerprint density at radius 2 is 2.06 bits per heavy atom. The summed E-state index contributed by atoms with van der Waals surface area (Å²) in [4.78, 5) is 27.0. The standard InChI is InChI=1S/C10H9N3O3S/c1-12-9(14)6-17-10(12)11-7-2-4-8(5-3-7)13(15)16/h2-5H,6H2,1H3/b11-10+. The van der Waals surface area contributed by atoms with E-state index in [0.29, 0.717) is 16.6 Å². The first-order valence-electron chi connectivity index (χ1n) is 4.80. The third-order valence-electron chi connectivity index (χ3n) is 2.27. The van der Waals surface area contributed by atoms with E-state index >= 15 is 0 Å². The molecule has 0 bridgehead atoms. The summed E-state index contributed by atoms with van der Waals surface area (Å²) in [6.45, 7) is 0. The molecule has 1 saturated heterocycles. The van der Waals surface area contributed by atoms with E-state index in [-0.39, 0.29) is 11.6 Å². The van der Waals surface area contributed by atoms with Crippen molar-refractivity contribution >= 4 is 34.2 Å². The lowest BCUT2D eigenvalue weighted by Crippen LogP contribution is -2.24. The van der Waals surface area contributed by atoms with Crippen molar-refractivity contribution in [3.8, 4) is 0 Å². The molecule has 7 heteroatoms. The van der Waals surface area contributed by atoms with Gasteiger partial charge in [-0.3, -0.25) is 19.8 Å². The maximum atomic E-state index is 11.3. The third-order valence-corrected chi connectivity index (χ3v) is 3.29. The normalized spacial score (nSPS) is 17.8. The van der Waals surface area contributed by atoms with Gasteiger partial charge in [0.05, 0.1) is 16.4 Å². The molecular weight excluding hydrogens is 242 g/mol. The predicted molar refractivity (Wildman–Crippen MR) is 65.4 cm³/mol. The fourth-order valence-electron chi connectivity index (χ4n) is 1.29. The number of amidine groups is 1. The summed E-state index contributed by atoms with van der Waals surface area (Å²) >= 11 is 1.36. The summed E-state index contributed by atoms with van der Waals surface area (Å²) in [7, 11) is 1.66. The highest BCUT2D eigenvalue weighted by molar-refractivity contribution is 8.15. The Balaban J connectivity index is 2.22. The zero-order chi connectivity index (χ0) is 12.4. The Labute approximate surface area is 101 Å². The van der Waals surface area contributed by atoms with Gasteiger partial charge >= 0.3 is 0 Å². The number of nitro benzene ring substituents is 1. The van der Waals surface area contributed by atoms with Crippen LogP contribution in [0.1, 0.15) is 0 Å². The summed E-state index contributed by atoms with van der Waals surface area (Å²) in [6, 6.07) is 5.90. The molecule has 1 fully saturated rings. The van der Waals surface area contributed by atoms with Gasteiger partial charge in [0.15, 0.2) is 5.17 Å². The molecule has 1 aromatic rings. The van der Waals surface area contributed by atoms with Gasteiger partial charge in [-0.1, -0.05) is 11.8 Å². The number of hydrogen-bond donors (Lipinski definition) is 0. The Morgan fingerprint density at radius 1 is 1.41 bits per heavy atom. The number of nitro groups is 1. The zero-order valence-corrected chi connectivity index (χ0v) is 9.81. The number of carbonyl (C=O) groups is 1. The van der Waals surface area contributed by atoms with Crippen molar-refractivity contribution < 1.29 is 9.72 Å². The fraction of sp³-hybridized carbons (Fsp3) is 0.200. The number of nitrogens with zero attached hydrogens (tertiary/aromatic N) is 3. The van der Waals surface area contributed by atoms with E-state index in [0.717, 1.165) is 0 Å². The molecule has 0 radical (unpaired) electrons. The van der Waals surface area contributed by atoms with Crippen molar-refractivity contribution in [3.05, 3.63) is 34.4 Å². The molecule has 1 aliphatic rings. The topological polar surface area (TPSA) is 75.8 Å². The molecule has 1 heterocycles. The van der Waals surface area contributed by atoms with Crippen molar-refractivity contribution in [1.29, 1.82) is 0 Å². The number of carbonyl (C=O) groups excluding carboxylic acids is 1. The van der Waals surface area contributed by atoms with Crippen molar-refractivity contribution in [3.63, 3.8) is 0 Å². The second-order valence-electron chi connectivity index (χ2n) is 3.41. The SMILES string of the molecule is CN1C(=O)CS/C1=N/c1ccc([N+](=O)[O-])cc1. The smallest absolute Gasteiger partial charge is 0.269 e. The molecule has 2 rings (SSSR count). The quantitative estimate of drug-likeness (QED) is 0.593. The summed E-state index contributed by atoms with van der Waals surface area (Å²) in [5.74, 6) is 0.401. The number of benzene rings is 1. The molecule has 1 aromatic carbocycles. The van der Waals surface area contributed by atoms with E-state index in [1.54, 1.807) is 19.2 Å². The molecule has 0 atom stereocenters. The van der Waals surface area contributed by atoms with Crippen LogP contribution in [0.25, 0.3) is 0 Å². The minimum atomic E-state index is -0.461. The first kappa shape index (κ1) is 11.6. The van der Waals surface area contributed by atoms with Crippen molar-refractivity contribution in [2.24, 2.45) is 4.99 Å². The van der Waals surface area contributed by atoms with Crippen molar-refractivity contribution in [1.82, 2.24) is 4.90 Å². The van der Waals surface area contributed by atoms with Gasteiger partial charge in [-0.25, -0.2) is 4.99 Å². The van der Waals surface area contributed by atoms with Gasteiger partial charge in [0.1, 0.15) is 0 Å². The Hall–Kier alpha value is -1.89. The Morgan fingerprint density at radius 3 is 2.53 bits per heavy atom. The van der Waals surface area contributed by atoms with E-state index in [1.807, 2.05) is 0 Å². The van der Waals surface area contributed by atoms with Crippen LogP contribution in [0.5, 0.6) is 0 Å².